The van der Waals surface area contributed by atoms with Gasteiger partial charge in [-0.2, -0.15) is 0 Å². The Morgan fingerprint density at radius 1 is 1.38 bits per heavy atom. The Balaban J connectivity index is 1.83. The van der Waals surface area contributed by atoms with E-state index in [1.54, 1.807) is 0 Å². The quantitative estimate of drug-likeness (QED) is 0.755. The largest absolute Gasteiger partial charge is 0.379 e. The molecular formula is C17H25N3O. The summed E-state index contributed by atoms with van der Waals surface area (Å²) in [6, 6.07) is 6.54. The lowest BCUT2D eigenvalue weighted by molar-refractivity contribution is 0.172. The van der Waals surface area contributed by atoms with E-state index in [-0.39, 0.29) is 0 Å². The molecule has 0 amide bonds. The number of nitrogens with zero attached hydrogens (tertiary/aromatic N) is 1. The van der Waals surface area contributed by atoms with Crippen molar-refractivity contribution in [2.45, 2.75) is 37.8 Å². The molecule has 1 aliphatic heterocycles. The maximum Gasteiger partial charge on any atom is 0.102 e. The van der Waals surface area contributed by atoms with E-state index in [9.17, 15) is 5.11 Å². The van der Waals surface area contributed by atoms with Gasteiger partial charge < -0.3 is 20.7 Å². The van der Waals surface area contributed by atoms with Crippen LogP contribution in [-0.4, -0.2) is 41.4 Å². The van der Waals surface area contributed by atoms with Crippen LogP contribution in [0.2, 0.25) is 0 Å². The summed E-state index contributed by atoms with van der Waals surface area (Å²) in [5.74, 6) is 0.658. The number of aryl methyl sites for hydroxylation is 1. The monoisotopic (exact) mass is 287 g/mol. The molecule has 2 heterocycles. The molecular weight excluding hydrogens is 262 g/mol. The first kappa shape index (κ1) is 14.6. The van der Waals surface area contributed by atoms with Gasteiger partial charge in [0, 0.05) is 17.1 Å². The van der Waals surface area contributed by atoms with Crippen LogP contribution in [0.5, 0.6) is 0 Å². The van der Waals surface area contributed by atoms with Crippen LogP contribution >= 0.6 is 0 Å². The van der Waals surface area contributed by atoms with Gasteiger partial charge in [-0.15, -0.1) is 0 Å². The molecule has 1 aromatic heterocycles. The minimum Gasteiger partial charge on any atom is -0.379 e. The molecule has 0 saturated carbocycles. The van der Waals surface area contributed by atoms with E-state index >= 15 is 0 Å². The summed E-state index contributed by atoms with van der Waals surface area (Å²) in [5.41, 5.74) is 9.35. The van der Waals surface area contributed by atoms with Gasteiger partial charge in [-0.25, -0.2) is 0 Å². The molecule has 4 N–H and O–H groups in total. The van der Waals surface area contributed by atoms with Crippen LogP contribution in [0, 0.1) is 0 Å². The van der Waals surface area contributed by atoms with Crippen molar-refractivity contribution in [1.82, 2.24) is 9.88 Å². The highest BCUT2D eigenvalue weighted by Crippen LogP contribution is 2.33. The molecule has 21 heavy (non-hydrogen) atoms. The predicted molar refractivity (Wildman–Crippen MR) is 86.3 cm³/mol. The molecule has 0 radical (unpaired) electrons. The van der Waals surface area contributed by atoms with Crippen LogP contribution in [0.3, 0.4) is 0 Å². The van der Waals surface area contributed by atoms with Crippen LogP contribution in [-0.2, 0) is 6.42 Å². The van der Waals surface area contributed by atoms with Crippen LogP contribution in [0.4, 0.5) is 0 Å². The fourth-order valence-corrected chi connectivity index (χ4v) is 3.32. The van der Waals surface area contributed by atoms with Crippen LogP contribution < -0.4 is 5.73 Å². The summed E-state index contributed by atoms with van der Waals surface area (Å²) in [7, 11) is 2.20. The molecule has 114 valence electrons. The summed E-state index contributed by atoms with van der Waals surface area (Å²) in [4.78, 5) is 5.80. The van der Waals surface area contributed by atoms with E-state index < -0.39 is 6.23 Å². The van der Waals surface area contributed by atoms with Gasteiger partial charge in [-0.1, -0.05) is 6.07 Å². The first-order valence-electron chi connectivity index (χ1n) is 7.85. The Kier molecular flexibility index (Phi) is 4.29. The third-order valence-electron chi connectivity index (χ3n) is 4.67. The number of fused-ring (bicyclic) bond motifs is 1. The topological polar surface area (TPSA) is 65.3 Å². The van der Waals surface area contributed by atoms with E-state index in [2.05, 4.69) is 41.3 Å². The number of aromatic nitrogens is 1. The van der Waals surface area contributed by atoms with Gasteiger partial charge in [0.2, 0.25) is 0 Å². The SMILES string of the molecule is CN1CCC(c2c[nH]c3ccc(CCC(N)O)cc23)CC1. The van der Waals surface area contributed by atoms with Crippen molar-refractivity contribution in [3.05, 3.63) is 35.5 Å². The van der Waals surface area contributed by atoms with Crippen LogP contribution in [0.15, 0.2) is 24.4 Å². The van der Waals surface area contributed by atoms with Gasteiger partial charge in [0.1, 0.15) is 6.23 Å². The number of benzene rings is 1. The summed E-state index contributed by atoms with van der Waals surface area (Å²) in [6.07, 6.45) is 5.36. The molecule has 0 bridgehead atoms. The standard InChI is InChI=1S/C17H25N3O/c1-20-8-6-13(7-9-20)15-11-19-16-4-2-12(10-14(15)16)3-5-17(18)21/h2,4,10-11,13,17,19,21H,3,5-9,18H2,1H3. The highest BCUT2D eigenvalue weighted by atomic mass is 16.3. The number of hydrogen-bond donors (Lipinski definition) is 3. The third-order valence-corrected chi connectivity index (χ3v) is 4.67. The number of aliphatic hydroxyl groups is 1. The van der Waals surface area contributed by atoms with Crippen LogP contribution in [0.25, 0.3) is 10.9 Å². The van der Waals surface area contributed by atoms with E-state index in [4.69, 9.17) is 5.73 Å². The molecule has 4 nitrogen and oxygen atoms in total. The van der Waals surface area contributed by atoms with E-state index in [0.29, 0.717) is 12.3 Å². The van der Waals surface area contributed by atoms with Crippen molar-refractivity contribution in [2.24, 2.45) is 5.73 Å². The Hall–Kier alpha value is -1.36. The number of nitrogens with one attached hydrogen (secondary N) is 1. The Labute approximate surface area is 125 Å². The van der Waals surface area contributed by atoms with Crippen molar-refractivity contribution in [3.63, 3.8) is 0 Å². The lowest BCUT2D eigenvalue weighted by atomic mass is 9.89. The van der Waals surface area contributed by atoms with Gasteiger partial charge in [-0.05, 0) is 75.0 Å². The van der Waals surface area contributed by atoms with Gasteiger partial charge in [0.15, 0.2) is 0 Å². The first-order valence-corrected chi connectivity index (χ1v) is 7.85. The summed E-state index contributed by atoms with van der Waals surface area (Å²) in [5, 5.41) is 10.6. The molecule has 1 saturated heterocycles. The Morgan fingerprint density at radius 2 is 2.14 bits per heavy atom. The number of nitrogens with two attached hydrogens (primary N) is 1. The molecule has 1 unspecified atom stereocenters. The molecule has 1 aromatic carbocycles. The average Bonchev–Trinajstić information content (AvgIpc) is 2.89. The third kappa shape index (κ3) is 3.28. The number of rotatable bonds is 4. The summed E-state index contributed by atoms with van der Waals surface area (Å²) < 4.78 is 0. The maximum atomic E-state index is 9.24. The van der Waals surface area contributed by atoms with Gasteiger partial charge >= 0.3 is 0 Å². The zero-order chi connectivity index (χ0) is 14.8. The van der Waals surface area contributed by atoms with Crippen molar-refractivity contribution >= 4 is 10.9 Å². The normalized spacial score (nSPS) is 19.2. The Morgan fingerprint density at radius 3 is 2.86 bits per heavy atom. The van der Waals surface area contributed by atoms with Crippen molar-refractivity contribution < 1.29 is 5.11 Å². The van der Waals surface area contributed by atoms with Crippen molar-refractivity contribution in [3.8, 4) is 0 Å². The van der Waals surface area contributed by atoms with E-state index in [1.807, 2.05) is 0 Å². The molecule has 1 fully saturated rings. The molecule has 0 spiro atoms. The molecule has 0 aliphatic carbocycles. The summed E-state index contributed by atoms with van der Waals surface area (Å²) >= 11 is 0. The number of likely N-dealkylation sites (tertiary alicyclic amines) is 1. The van der Waals surface area contributed by atoms with Crippen LogP contribution in [0.1, 0.15) is 36.3 Å². The second-order valence-electron chi connectivity index (χ2n) is 6.31. The lowest BCUT2D eigenvalue weighted by Gasteiger charge is -2.28. The molecule has 1 aliphatic rings. The van der Waals surface area contributed by atoms with Gasteiger partial charge in [0.25, 0.3) is 0 Å². The summed E-state index contributed by atoms with van der Waals surface area (Å²) in [6.45, 7) is 2.35. The predicted octanol–water partition coefficient (Wildman–Crippen LogP) is 2.19. The number of hydrogen-bond acceptors (Lipinski definition) is 3. The number of aromatic amines is 1. The zero-order valence-electron chi connectivity index (χ0n) is 12.7. The maximum absolute atomic E-state index is 9.24. The number of piperidine rings is 1. The van der Waals surface area contributed by atoms with E-state index in [1.165, 1.54) is 48.0 Å². The zero-order valence-corrected chi connectivity index (χ0v) is 12.7. The van der Waals surface area contributed by atoms with E-state index in [0.717, 1.165) is 6.42 Å². The average molecular weight is 287 g/mol. The fourth-order valence-electron chi connectivity index (χ4n) is 3.32. The fraction of sp³-hybridized carbons (Fsp3) is 0.529. The van der Waals surface area contributed by atoms with Gasteiger partial charge in [0.05, 0.1) is 0 Å². The minimum atomic E-state index is -0.722. The molecule has 2 aromatic rings. The second-order valence-corrected chi connectivity index (χ2v) is 6.31. The minimum absolute atomic E-state index is 0.611. The lowest BCUT2D eigenvalue weighted by Crippen LogP contribution is -2.29. The molecule has 1 atom stereocenters. The highest BCUT2D eigenvalue weighted by Gasteiger charge is 2.21. The molecule has 4 heteroatoms. The Bertz CT molecular complexity index is 597. The van der Waals surface area contributed by atoms with Crippen molar-refractivity contribution in [2.75, 3.05) is 20.1 Å². The van der Waals surface area contributed by atoms with Crippen molar-refractivity contribution in [1.29, 1.82) is 0 Å². The van der Waals surface area contributed by atoms with Gasteiger partial charge in [-0.3, -0.25) is 0 Å². The first-order chi connectivity index (χ1) is 10.1. The smallest absolute Gasteiger partial charge is 0.102 e. The number of H-pyrrole nitrogens is 1. The number of aliphatic hydroxyl groups excluding tert-OH is 1. The second kappa shape index (κ2) is 6.18. The highest BCUT2D eigenvalue weighted by molar-refractivity contribution is 5.84. The molecule has 3 rings (SSSR count).